The van der Waals surface area contributed by atoms with Crippen LogP contribution in [0.1, 0.15) is 25.3 Å². The molecule has 0 saturated carbocycles. The summed E-state index contributed by atoms with van der Waals surface area (Å²) >= 11 is 0. The van der Waals surface area contributed by atoms with Crippen molar-refractivity contribution in [1.29, 1.82) is 5.26 Å². The molecule has 0 unspecified atom stereocenters. The highest BCUT2D eigenvalue weighted by Gasteiger charge is 2.14. The van der Waals surface area contributed by atoms with Gasteiger partial charge in [0.1, 0.15) is 11.6 Å². The molecule has 0 aromatic heterocycles. The lowest BCUT2D eigenvalue weighted by Crippen LogP contribution is -2.44. The van der Waals surface area contributed by atoms with E-state index < -0.39 is 5.91 Å². The molecule has 1 fully saturated rings. The normalized spacial score (nSPS) is 15.0. The summed E-state index contributed by atoms with van der Waals surface area (Å²) in [6, 6.07) is 17.7. The Morgan fingerprint density at radius 3 is 2.17 bits per heavy atom. The first kappa shape index (κ1) is 21.4. The number of hydrogen-bond acceptors (Lipinski definition) is 5. The summed E-state index contributed by atoms with van der Waals surface area (Å²) in [5.74, 6) is -0.00693. The molecule has 156 valence electrons. The summed E-state index contributed by atoms with van der Waals surface area (Å²) in [6.45, 7) is 8.38. The maximum atomic E-state index is 12.4. The first-order valence-electron chi connectivity index (χ1n) is 10.3. The van der Waals surface area contributed by atoms with Crippen LogP contribution in [0.15, 0.2) is 60.3 Å². The molecular weight excluding hydrogens is 374 g/mol. The number of carbonyl (C=O) groups is 1. The summed E-state index contributed by atoms with van der Waals surface area (Å²) < 4.78 is 0. The third kappa shape index (κ3) is 5.62. The molecule has 0 bridgehead atoms. The largest absolute Gasteiger partial charge is 0.369 e. The van der Waals surface area contributed by atoms with Crippen molar-refractivity contribution in [1.82, 2.24) is 4.90 Å². The van der Waals surface area contributed by atoms with Crippen LogP contribution in [-0.2, 0) is 4.79 Å². The van der Waals surface area contributed by atoms with Crippen LogP contribution in [0.5, 0.6) is 0 Å². The fourth-order valence-electron chi connectivity index (χ4n) is 3.29. The van der Waals surface area contributed by atoms with E-state index in [4.69, 9.17) is 0 Å². The van der Waals surface area contributed by atoms with Crippen molar-refractivity contribution < 1.29 is 4.79 Å². The quantitative estimate of drug-likeness (QED) is 0.563. The number of nitrogens with zero attached hydrogens (tertiary/aromatic N) is 3. The van der Waals surface area contributed by atoms with Crippen LogP contribution in [0, 0.1) is 11.3 Å². The average Bonchev–Trinajstić information content (AvgIpc) is 2.75. The SMILES string of the molecule is CC(C)c1ccc(NC(=O)/C(C#N)=C\Nc2ccc(N3CCN(C)CC3)cc2)cc1. The number of piperazine rings is 1. The molecule has 30 heavy (non-hydrogen) atoms. The molecule has 6 heteroatoms. The Balaban J connectivity index is 1.59. The Kier molecular flexibility index (Phi) is 7.10. The summed E-state index contributed by atoms with van der Waals surface area (Å²) in [6.07, 6.45) is 1.45. The van der Waals surface area contributed by atoms with E-state index in [1.165, 1.54) is 17.5 Å². The van der Waals surface area contributed by atoms with Crippen molar-refractivity contribution in [3.63, 3.8) is 0 Å². The van der Waals surface area contributed by atoms with Gasteiger partial charge in [0.2, 0.25) is 0 Å². The topological polar surface area (TPSA) is 71.4 Å². The lowest BCUT2D eigenvalue weighted by molar-refractivity contribution is -0.112. The van der Waals surface area contributed by atoms with E-state index in [1.807, 2.05) is 42.5 Å². The minimum absolute atomic E-state index is 0.0195. The number of carbonyl (C=O) groups excluding carboxylic acids is 1. The summed E-state index contributed by atoms with van der Waals surface area (Å²) in [7, 11) is 2.14. The van der Waals surface area contributed by atoms with Gasteiger partial charge >= 0.3 is 0 Å². The van der Waals surface area contributed by atoms with Crippen LogP contribution in [-0.4, -0.2) is 44.0 Å². The smallest absolute Gasteiger partial charge is 0.267 e. The number of anilines is 3. The number of nitriles is 1. The van der Waals surface area contributed by atoms with E-state index >= 15 is 0 Å². The average molecular weight is 404 g/mol. The van der Waals surface area contributed by atoms with Crippen molar-refractivity contribution in [2.75, 3.05) is 48.8 Å². The lowest BCUT2D eigenvalue weighted by atomic mass is 10.0. The molecule has 1 amide bonds. The van der Waals surface area contributed by atoms with Gasteiger partial charge in [0.15, 0.2) is 0 Å². The van der Waals surface area contributed by atoms with E-state index in [-0.39, 0.29) is 5.57 Å². The van der Waals surface area contributed by atoms with E-state index in [0.29, 0.717) is 11.6 Å². The highest BCUT2D eigenvalue weighted by atomic mass is 16.1. The summed E-state index contributed by atoms with van der Waals surface area (Å²) in [4.78, 5) is 17.1. The second kappa shape index (κ2) is 9.95. The van der Waals surface area contributed by atoms with Crippen LogP contribution in [0.25, 0.3) is 0 Å². The second-order valence-corrected chi connectivity index (χ2v) is 7.88. The van der Waals surface area contributed by atoms with E-state index in [2.05, 4.69) is 53.5 Å². The van der Waals surface area contributed by atoms with Gasteiger partial charge in [-0.2, -0.15) is 5.26 Å². The molecule has 2 N–H and O–H groups in total. The van der Waals surface area contributed by atoms with Crippen LogP contribution in [0.3, 0.4) is 0 Å². The van der Waals surface area contributed by atoms with Crippen molar-refractivity contribution in [3.05, 3.63) is 65.9 Å². The van der Waals surface area contributed by atoms with Gasteiger partial charge in [-0.3, -0.25) is 4.79 Å². The van der Waals surface area contributed by atoms with Crippen molar-refractivity contribution in [2.45, 2.75) is 19.8 Å². The highest BCUT2D eigenvalue weighted by Crippen LogP contribution is 2.20. The molecule has 1 heterocycles. The third-order valence-electron chi connectivity index (χ3n) is 5.32. The maximum Gasteiger partial charge on any atom is 0.267 e. The zero-order chi connectivity index (χ0) is 21.5. The standard InChI is InChI=1S/C24H29N5O/c1-18(2)19-4-6-22(7-5-19)27-24(30)20(16-25)17-26-21-8-10-23(11-9-21)29-14-12-28(3)13-15-29/h4-11,17-18,26H,12-15H2,1-3H3,(H,27,30)/b20-17-. The maximum absolute atomic E-state index is 12.4. The Labute approximate surface area is 178 Å². The van der Waals surface area contributed by atoms with Gasteiger partial charge in [-0.1, -0.05) is 26.0 Å². The zero-order valence-electron chi connectivity index (χ0n) is 17.9. The van der Waals surface area contributed by atoms with E-state index in [9.17, 15) is 10.1 Å². The molecule has 0 spiro atoms. The number of likely N-dealkylation sites (N-methyl/N-ethyl adjacent to an activating group) is 1. The zero-order valence-corrected chi connectivity index (χ0v) is 17.9. The van der Waals surface area contributed by atoms with E-state index in [1.54, 1.807) is 0 Å². The van der Waals surface area contributed by atoms with Crippen LogP contribution >= 0.6 is 0 Å². The van der Waals surface area contributed by atoms with Gasteiger partial charge in [0, 0.05) is 49.4 Å². The molecule has 2 aromatic carbocycles. The van der Waals surface area contributed by atoms with Crippen LogP contribution in [0.2, 0.25) is 0 Å². The van der Waals surface area contributed by atoms with Crippen molar-refractivity contribution in [3.8, 4) is 6.07 Å². The third-order valence-corrected chi connectivity index (χ3v) is 5.32. The molecular formula is C24H29N5O. The molecule has 0 radical (unpaired) electrons. The Hall–Kier alpha value is -3.30. The second-order valence-electron chi connectivity index (χ2n) is 7.88. The summed E-state index contributed by atoms with van der Waals surface area (Å²) in [5, 5.41) is 15.2. The predicted molar refractivity (Wildman–Crippen MR) is 123 cm³/mol. The predicted octanol–water partition coefficient (Wildman–Crippen LogP) is 4.02. The molecule has 0 atom stereocenters. The molecule has 3 rings (SSSR count). The molecule has 1 aliphatic rings. The van der Waals surface area contributed by atoms with Crippen LogP contribution in [0.4, 0.5) is 17.1 Å². The highest BCUT2D eigenvalue weighted by molar-refractivity contribution is 6.06. The van der Waals surface area contributed by atoms with Gasteiger partial charge in [0.05, 0.1) is 0 Å². The van der Waals surface area contributed by atoms with E-state index in [0.717, 1.165) is 31.9 Å². The van der Waals surface area contributed by atoms with Gasteiger partial charge in [-0.25, -0.2) is 0 Å². The Bertz CT molecular complexity index is 918. The first-order valence-corrected chi connectivity index (χ1v) is 10.3. The fourth-order valence-corrected chi connectivity index (χ4v) is 3.29. The molecule has 1 saturated heterocycles. The number of amides is 1. The minimum Gasteiger partial charge on any atom is -0.369 e. The van der Waals surface area contributed by atoms with Crippen molar-refractivity contribution in [2.24, 2.45) is 0 Å². The molecule has 6 nitrogen and oxygen atoms in total. The number of hydrogen-bond donors (Lipinski definition) is 2. The van der Waals surface area contributed by atoms with Gasteiger partial charge in [0.25, 0.3) is 5.91 Å². The monoisotopic (exact) mass is 403 g/mol. The minimum atomic E-state index is -0.434. The Morgan fingerprint density at radius 2 is 1.60 bits per heavy atom. The van der Waals surface area contributed by atoms with Gasteiger partial charge < -0.3 is 20.4 Å². The van der Waals surface area contributed by atoms with Gasteiger partial charge in [-0.15, -0.1) is 0 Å². The number of rotatable bonds is 6. The number of benzene rings is 2. The van der Waals surface area contributed by atoms with Crippen molar-refractivity contribution >= 4 is 23.0 Å². The first-order chi connectivity index (χ1) is 14.5. The molecule has 0 aliphatic carbocycles. The fraction of sp³-hybridized carbons (Fsp3) is 0.333. The van der Waals surface area contributed by atoms with Crippen LogP contribution < -0.4 is 15.5 Å². The molecule has 2 aromatic rings. The Morgan fingerprint density at radius 1 is 1.00 bits per heavy atom. The summed E-state index contributed by atoms with van der Waals surface area (Å²) in [5.41, 5.74) is 3.90. The number of nitrogens with one attached hydrogen (secondary N) is 2. The molecule has 1 aliphatic heterocycles. The van der Waals surface area contributed by atoms with Gasteiger partial charge in [-0.05, 0) is 54.9 Å². The lowest BCUT2D eigenvalue weighted by Gasteiger charge is -2.34.